The van der Waals surface area contributed by atoms with Crippen LogP contribution in [0.2, 0.25) is 5.02 Å². The third-order valence-corrected chi connectivity index (χ3v) is 5.53. The van der Waals surface area contributed by atoms with Crippen molar-refractivity contribution in [2.24, 2.45) is 5.10 Å². The number of aromatic nitrogens is 2. The highest BCUT2D eigenvalue weighted by molar-refractivity contribution is 14.1. The molecule has 0 aliphatic rings. The van der Waals surface area contributed by atoms with Gasteiger partial charge in [-0.2, -0.15) is 5.10 Å². The number of anilines is 1. The molecule has 0 saturated heterocycles. The van der Waals surface area contributed by atoms with Crippen molar-refractivity contribution in [2.45, 2.75) is 6.61 Å². The third-order valence-electron chi connectivity index (χ3n) is 4.36. The summed E-state index contributed by atoms with van der Waals surface area (Å²) in [5.74, 6) is 1.87. The number of nitrogens with zero attached hydrogens (tertiary/aromatic N) is 2. The molecule has 0 aliphatic heterocycles. The van der Waals surface area contributed by atoms with Gasteiger partial charge in [-0.25, -0.2) is 10.4 Å². The van der Waals surface area contributed by atoms with Gasteiger partial charge < -0.3 is 14.5 Å². The molecule has 0 spiro atoms. The largest absolute Gasteiger partial charge is 0.493 e. The van der Waals surface area contributed by atoms with E-state index in [1.807, 2.05) is 60.7 Å². The van der Waals surface area contributed by atoms with Gasteiger partial charge in [0.15, 0.2) is 11.5 Å². The number of aromatic amines is 1. The molecule has 0 radical (unpaired) electrons. The maximum absolute atomic E-state index is 6.22. The first kappa shape index (κ1) is 20.5. The van der Waals surface area contributed by atoms with Crippen LogP contribution in [-0.4, -0.2) is 23.3 Å². The minimum Gasteiger partial charge on any atom is -0.493 e. The van der Waals surface area contributed by atoms with Gasteiger partial charge in [-0.3, -0.25) is 0 Å². The summed E-state index contributed by atoms with van der Waals surface area (Å²) in [6.07, 6.45) is 1.70. The fourth-order valence-corrected chi connectivity index (χ4v) is 3.86. The molecule has 1 heterocycles. The molecule has 0 unspecified atom stereocenters. The lowest BCUT2D eigenvalue weighted by atomic mass is 10.2. The Morgan fingerprint density at radius 2 is 1.97 bits per heavy atom. The number of halogens is 2. The predicted molar refractivity (Wildman–Crippen MR) is 129 cm³/mol. The maximum atomic E-state index is 6.22. The number of benzene rings is 3. The normalized spacial score (nSPS) is 11.2. The average molecular weight is 533 g/mol. The van der Waals surface area contributed by atoms with E-state index in [-0.39, 0.29) is 0 Å². The number of H-pyrrole nitrogens is 1. The van der Waals surface area contributed by atoms with Crippen molar-refractivity contribution < 1.29 is 9.47 Å². The summed E-state index contributed by atoms with van der Waals surface area (Å²) in [7, 11) is 1.61. The van der Waals surface area contributed by atoms with Crippen LogP contribution in [0.1, 0.15) is 11.1 Å². The number of fused-ring (bicyclic) bond motifs is 1. The van der Waals surface area contributed by atoms with Crippen molar-refractivity contribution >= 4 is 57.4 Å². The second kappa shape index (κ2) is 9.36. The lowest BCUT2D eigenvalue weighted by Gasteiger charge is -2.14. The van der Waals surface area contributed by atoms with Gasteiger partial charge in [-0.1, -0.05) is 41.9 Å². The van der Waals surface area contributed by atoms with Crippen LogP contribution in [0.4, 0.5) is 5.95 Å². The van der Waals surface area contributed by atoms with Crippen molar-refractivity contribution in [3.8, 4) is 11.5 Å². The molecule has 30 heavy (non-hydrogen) atoms. The number of para-hydroxylation sites is 2. The summed E-state index contributed by atoms with van der Waals surface area (Å²) in [5.41, 5.74) is 6.53. The van der Waals surface area contributed by atoms with Gasteiger partial charge in [-0.15, -0.1) is 0 Å². The first-order chi connectivity index (χ1) is 14.6. The number of hydrogen-bond acceptors (Lipinski definition) is 5. The van der Waals surface area contributed by atoms with Crippen LogP contribution < -0.4 is 14.9 Å². The highest BCUT2D eigenvalue weighted by Crippen LogP contribution is 2.34. The Bertz CT molecular complexity index is 1180. The lowest BCUT2D eigenvalue weighted by Crippen LogP contribution is -2.01. The van der Waals surface area contributed by atoms with Gasteiger partial charge in [0.25, 0.3) is 0 Å². The predicted octanol–water partition coefficient (Wildman–Crippen LogP) is 5.85. The van der Waals surface area contributed by atoms with E-state index < -0.39 is 0 Å². The molecule has 4 rings (SSSR count). The Morgan fingerprint density at radius 3 is 2.77 bits per heavy atom. The number of hydrazone groups is 1. The molecule has 0 bridgehead atoms. The SMILES string of the molecule is COc1cc(/C=N/Nc2nc3ccccc3[nH]2)cc(I)c1OCc1ccccc1Cl. The number of methoxy groups -OCH3 is 1. The van der Waals surface area contributed by atoms with E-state index in [1.165, 1.54) is 0 Å². The molecule has 2 N–H and O–H groups in total. The number of hydrogen-bond donors (Lipinski definition) is 2. The van der Waals surface area contributed by atoms with Crippen LogP contribution in [0, 0.1) is 3.57 Å². The second-order valence-corrected chi connectivity index (χ2v) is 7.96. The lowest BCUT2D eigenvalue weighted by molar-refractivity contribution is 0.282. The summed E-state index contributed by atoms with van der Waals surface area (Å²) in [4.78, 5) is 7.60. The Kier molecular flexibility index (Phi) is 6.39. The topological polar surface area (TPSA) is 71.5 Å². The molecule has 0 saturated carbocycles. The summed E-state index contributed by atoms with van der Waals surface area (Å²) >= 11 is 8.44. The summed E-state index contributed by atoms with van der Waals surface area (Å²) < 4.78 is 12.4. The zero-order valence-corrected chi connectivity index (χ0v) is 18.9. The van der Waals surface area contributed by atoms with Crippen molar-refractivity contribution in [3.63, 3.8) is 0 Å². The standard InChI is InChI=1S/C22H18ClIN4O2/c1-29-20-11-14(12-25-28-22-26-18-8-4-5-9-19(18)27-22)10-17(24)21(20)30-13-15-6-2-3-7-16(15)23/h2-12H,13H2,1H3,(H2,26,27,28)/b25-12+. The van der Waals surface area contributed by atoms with Crippen molar-refractivity contribution in [1.82, 2.24) is 9.97 Å². The van der Waals surface area contributed by atoms with E-state index in [4.69, 9.17) is 21.1 Å². The molecule has 8 heteroatoms. The highest BCUT2D eigenvalue weighted by Gasteiger charge is 2.12. The molecule has 0 atom stereocenters. The van der Waals surface area contributed by atoms with Crippen molar-refractivity contribution in [2.75, 3.05) is 12.5 Å². The first-order valence-electron chi connectivity index (χ1n) is 9.11. The molecule has 152 valence electrons. The number of nitrogens with one attached hydrogen (secondary N) is 2. The quantitative estimate of drug-likeness (QED) is 0.178. The van der Waals surface area contributed by atoms with Gasteiger partial charge in [0.05, 0.1) is 27.9 Å². The van der Waals surface area contributed by atoms with Gasteiger partial charge >= 0.3 is 0 Å². The molecule has 0 aliphatic carbocycles. The van der Waals surface area contributed by atoms with Crippen LogP contribution in [-0.2, 0) is 6.61 Å². The molecular formula is C22H18ClIN4O2. The van der Waals surface area contributed by atoms with Crippen molar-refractivity contribution in [1.29, 1.82) is 0 Å². The van der Waals surface area contributed by atoms with Crippen LogP contribution in [0.15, 0.2) is 65.8 Å². The van der Waals surface area contributed by atoms with Crippen molar-refractivity contribution in [3.05, 3.63) is 80.4 Å². The monoisotopic (exact) mass is 532 g/mol. The van der Waals surface area contributed by atoms with E-state index in [1.54, 1.807) is 13.3 Å². The zero-order valence-electron chi connectivity index (χ0n) is 16.0. The number of imidazole rings is 1. The second-order valence-electron chi connectivity index (χ2n) is 6.39. The van der Waals surface area contributed by atoms with Gasteiger partial charge in [-0.05, 0) is 58.5 Å². The van der Waals surface area contributed by atoms with Gasteiger partial charge in [0.2, 0.25) is 5.95 Å². The minimum atomic E-state index is 0.354. The summed E-state index contributed by atoms with van der Waals surface area (Å²) in [6.45, 7) is 0.354. The minimum absolute atomic E-state index is 0.354. The smallest absolute Gasteiger partial charge is 0.222 e. The Balaban J connectivity index is 1.48. The van der Waals surface area contributed by atoms with E-state index in [0.29, 0.717) is 29.1 Å². The molecule has 6 nitrogen and oxygen atoms in total. The molecular weight excluding hydrogens is 515 g/mol. The maximum Gasteiger partial charge on any atom is 0.222 e. The fraction of sp³-hybridized carbons (Fsp3) is 0.0909. The molecule has 0 fully saturated rings. The van der Waals surface area contributed by atoms with Gasteiger partial charge in [0, 0.05) is 10.6 Å². The van der Waals surface area contributed by atoms with Crippen LogP contribution in [0.25, 0.3) is 11.0 Å². The summed E-state index contributed by atoms with van der Waals surface area (Å²) in [6, 6.07) is 19.2. The van der Waals surface area contributed by atoms with Crippen LogP contribution in [0.5, 0.6) is 11.5 Å². The molecule has 4 aromatic rings. The molecule has 1 aromatic heterocycles. The third kappa shape index (κ3) is 4.68. The zero-order chi connectivity index (χ0) is 20.9. The fourth-order valence-electron chi connectivity index (χ4n) is 2.89. The molecule has 0 amide bonds. The van der Waals surface area contributed by atoms with E-state index in [2.05, 4.69) is 43.1 Å². The summed E-state index contributed by atoms with van der Waals surface area (Å²) in [5, 5.41) is 4.95. The Morgan fingerprint density at radius 1 is 1.17 bits per heavy atom. The highest BCUT2D eigenvalue weighted by atomic mass is 127. The first-order valence-corrected chi connectivity index (χ1v) is 10.6. The molecule has 3 aromatic carbocycles. The van der Waals surface area contributed by atoms with Crippen LogP contribution in [0.3, 0.4) is 0 Å². The number of ether oxygens (including phenoxy) is 2. The Labute approximate surface area is 192 Å². The average Bonchev–Trinajstić information content (AvgIpc) is 3.16. The number of rotatable bonds is 7. The van der Waals surface area contributed by atoms with E-state index >= 15 is 0 Å². The van der Waals surface area contributed by atoms with E-state index in [0.717, 1.165) is 25.7 Å². The Hall–Kier alpha value is -2.78. The van der Waals surface area contributed by atoms with Gasteiger partial charge in [0.1, 0.15) is 6.61 Å². The van der Waals surface area contributed by atoms with E-state index in [9.17, 15) is 0 Å². The van der Waals surface area contributed by atoms with Crippen LogP contribution >= 0.6 is 34.2 Å².